The smallest absolute Gasteiger partial charge is 0.790 e. The number of rotatable bonds is 15. The van der Waals surface area contributed by atoms with Gasteiger partial charge in [0.05, 0.1) is 7.82 Å². The number of phosphoric acid groups is 1. The van der Waals surface area contributed by atoms with E-state index in [0.717, 1.165) is 25.7 Å². The Balaban J connectivity index is -0.0000000458. The molecule has 35 heavy (non-hydrogen) atoms. The predicted molar refractivity (Wildman–Crippen MR) is 144 cm³/mol. The average Bonchev–Trinajstić information content (AvgIpc) is 2.72. The van der Waals surface area contributed by atoms with Gasteiger partial charge in [-0.3, -0.25) is 4.79 Å². The van der Waals surface area contributed by atoms with Gasteiger partial charge < -0.3 is 34.5 Å². The van der Waals surface area contributed by atoms with Crippen molar-refractivity contribution in [2.75, 3.05) is 6.61 Å². The zero-order valence-corrected chi connectivity index (χ0v) is 25.7. The summed E-state index contributed by atoms with van der Waals surface area (Å²) in [7, 11) is -5.49. The van der Waals surface area contributed by atoms with Crippen molar-refractivity contribution in [1.82, 2.24) is 6.15 Å². The van der Waals surface area contributed by atoms with Gasteiger partial charge in [-0.2, -0.15) is 0 Å². The normalized spacial score (nSPS) is 9.77. The predicted octanol–water partition coefficient (Wildman–Crippen LogP) is -1.07. The van der Waals surface area contributed by atoms with E-state index < -0.39 is 32.7 Å². The first kappa shape index (κ1) is 41.4. The number of ether oxygens (including phenoxy) is 2. The third kappa shape index (κ3) is 31.2. The molecule has 0 heterocycles. The van der Waals surface area contributed by atoms with Gasteiger partial charge in [0.2, 0.25) is 6.29 Å². The summed E-state index contributed by atoms with van der Waals surface area (Å²) in [4.78, 5) is 45.0. The van der Waals surface area contributed by atoms with Crippen LogP contribution in [0.1, 0.15) is 88.3 Å². The van der Waals surface area contributed by atoms with E-state index in [4.69, 9.17) is 11.2 Å². The van der Waals surface area contributed by atoms with Crippen LogP contribution in [0, 0.1) is 47.9 Å². The third-order valence-electron chi connectivity index (χ3n) is 3.83. The topological polar surface area (TPSA) is 160 Å². The fraction of sp³-hybridized carbons (Fsp3) is 0.565. The van der Waals surface area contributed by atoms with Gasteiger partial charge in [0.15, 0.2) is 6.61 Å². The minimum Gasteiger partial charge on any atom is -0.790 e. The summed E-state index contributed by atoms with van der Waals surface area (Å²) < 4.78 is 24.4. The molecule has 0 aliphatic rings. The number of hydrogen-bond acceptors (Lipinski definition) is 9. The second kappa shape index (κ2) is 27.8. The van der Waals surface area contributed by atoms with Crippen molar-refractivity contribution in [3.05, 3.63) is 0 Å². The van der Waals surface area contributed by atoms with Crippen molar-refractivity contribution in [3.63, 3.8) is 0 Å². The molecule has 1 atom stereocenters. The summed E-state index contributed by atoms with van der Waals surface area (Å²) in [5.74, 6) is 13.2. The Morgan fingerprint density at radius 1 is 0.914 bits per heavy atom. The Labute approximate surface area is 270 Å². The number of esters is 2. The van der Waals surface area contributed by atoms with Crippen molar-refractivity contribution >= 4 is 19.8 Å². The minimum atomic E-state index is -5.49. The Morgan fingerprint density at radius 3 is 1.97 bits per heavy atom. The Morgan fingerprint density at radius 2 is 1.43 bits per heavy atom. The van der Waals surface area contributed by atoms with E-state index in [1.54, 1.807) is 0 Å². The number of terminal acetylenes is 1. The van der Waals surface area contributed by atoms with Gasteiger partial charge in [0.1, 0.15) is 0 Å². The monoisotopic (exact) mass is 549 g/mol. The van der Waals surface area contributed by atoms with E-state index in [1.165, 1.54) is 25.7 Å². The molecule has 0 aromatic heterocycles. The molecule has 0 saturated carbocycles. The van der Waals surface area contributed by atoms with Gasteiger partial charge in [0.25, 0.3) is 0 Å². The fourth-order valence-corrected chi connectivity index (χ4v) is 2.80. The first-order valence-electron chi connectivity index (χ1n) is 10.3. The Bertz CT molecular complexity index is 904. The van der Waals surface area contributed by atoms with Crippen molar-refractivity contribution in [2.24, 2.45) is 0 Å². The molecular formula is C23H54NNa2O8P. The zero-order chi connectivity index (χ0) is 24.1. The summed E-state index contributed by atoms with van der Waals surface area (Å²) in [5, 5.41) is 0. The van der Waals surface area contributed by atoms with Crippen molar-refractivity contribution in [2.45, 2.75) is 77.4 Å². The van der Waals surface area contributed by atoms with Crippen LogP contribution in [0.5, 0.6) is 0 Å². The van der Waals surface area contributed by atoms with E-state index in [-0.39, 0.29) is 88.8 Å². The maximum Gasteiger partial charge on any atom is 1.00 e. The fourth-order valence-electron chi connectivity index (χ4n) is 2.41. The number of hydrogen-bond donors (Lipinski definition) is 1. The third-order valence-corrected chi connectivity index (χ3v) is 4.32. The molecule has 0 bridgehead atoms. The molecule has 0 aliphatic heterocycles. The van der Waals surface area contributed by atoms with E-state index >= 15 is 0 Å². The van der Waals surface area contributed by atoms with Gasteiger partial charge in [-0.25, -0.2) is 4.79 Å². The molecule has 0 spiro atoms. The molecule has 0 fully saturated rings. The van der Waals surface area contributed by atoms with Crippen LogP contribution in [0.15, 0.2) is 0 Å². The molecule has 0 amide bonds. The van der Waals surface area contributed by atoms with Crippen LogP contribution >= 0.6 is 7.82 Å². The number of carbonyl (C=O) groups excluding carboxylic acids is 2. The molecular weight excluding hydrogens is 495 g/mol. The van der Waals surface area contributed by atoms with E-state index in [9.17, 15) is 23.9 Å². The van der Waals surface area contributed by atoms with Gasteiger partial charge in [-0.05, 0) is 41.9 Å². The maximum atomic E-state index is 11.9. The van der Waals surface area contributed by atoms with Gasteiger partial charge in [-0.1, -0.05) is 58.3 Å². The van der Waals surface area contributed by atoms with Gasteiger partial charge in [0, 0.05) is 29.5 Å². The van der Waals surface area contributed by atoms with Crippen LogP contribution in [0.25, 0.3) is 0 Å². The molecule has 0 aromatic carbocycles. The van der Waals surface area contributed by atoms with Crippen LogP contribution in [0.4, 0.5) is 0 Å². The van der Waals surface area contributed by atoms with Crippen molar-refractivity contribution in [1.29, 1.82) is 0 Å². The average molecular weight is 550 g/mol. The summed E-state index contributed by atoms with van der Waals surface area (Å²) in [6.45, 7) is 1.34. The van der Waals surface area contributed by atoms with Crippen LogP contribution < -0.4 is 75.1 Å². The number of unbranched alkanes of at least 4 members (excludes halogenated alkanes) is 8. The van der Waals surface area contributed by atoms with E-state index in [0.29, 0.717) is 6.42 Å². The number of phosphoric ester groups is 1. The van der Waals surface area contributed by atoms with Crippen molar-refractivity contribution in [3.8, 4) is 47.9 Å². The molecule has 0 aliphatic carbocycles. The quantitative estimate of drug-likeness (QED) is 0.0510. The van der Waals surface area contributed by atoms with Gasteiger partial charge >= 0.3 is 71.1 Å². The first-order chi connectivity index (χ1) is 15.3. The van der Waals surface area contributed by atoms with Crippen LogP contribution in [-0.4, -0.2) is 24.8 Å². The summed E-state index contributed by atoms with van der Waals surface area (Å²) in [6.07, 6.45) is 12.5. The summed E-state index contributed by atoms with van der Waals surface area (Å²) >= 11 is 0. The second-order valence-electron chi connectivity index (χ2n) is 6.54. The van der Waals surface area contributed by atoms with E-state index in [1.807, 2.05) is 11.8 Å². The standard InChI is InChI=1S/C23H29O8P.H3N.2Na.12H2/c1-3-5-7-9-11-12-13-15-17-19-22(25)30-23(31-32(26,27)28)20-29-21(24)18-16-14-10-8-6-4-2;;;;;;;;;;;;;;;/h2,23H,3,5,7,9,11-13,15,17,19-20H2,1H3,(H2,26,27,28);1H3;;;12*1H/q;;2*+1;;;;;;;;;;;;/p-2/t23-;;;;;;;;;;;;;;;/m1.............../s1. The largest absolute Gasteiger partial charge is 1.00 e. The first-order valence-corrected chi connectivity index (χ1v) is 11.8. The van der Waals surface area contributed by atoms with Gasteiger partial charge in [-0.15, -0.1) is 6.42 Å². The van der Waals surface area contributed by atoms with Crippen molar-refractivity contribution < 1.29 is 114 Å². The number of carbonyl (C=O) groups is 2. The Hall–Kier alpha value is -0.750. The summed E-state index contributed by atoms with van der Waals surface area (Å²) in [6, 6.07) is 0. The molecule has 0 aromatic rings. The minimum absolute atomic E-state index is 0. The molecule has 0 rings (SSSR count). The van der Waals surface area contributed by atoms with E-state index in [2.05, 4.69) is 45.8 Å². The maximum absolute atomic E-state index is 11.9. The molecule has 9 nitrogen and oxygen atoms in total. The molecule has 0 saturated heterocycles. The SMILES string of the molecule is C#CC#CC#CC#CC(=O)OC[C@H](OC(=O)CCCCCCCCCCC)OP(=O)([O-])[O-].N.[HH].[HH].[HH].[HH].[HH].[HH].[HH].[HH].[HH].[HH].[HH].[HH].[Na+].[Na+]. The molecule has 0 unspecified atom stereocenters. The Kier molecular flexibility index (Phi) is 32.9. The van der Waals surface area contributed by atoms with Crippen LogP contribution in [0.3, 0.4) is 0 Å². The van der Waals surface area contributed by atoms with Crippen LogP contribution in [-0.2, 0) is 28.2 Å². The molecule has 12 heteroatoms. The second-order valence-corrected chi connectivity index (χ2v) is 7.65. The zero-order valence-electron chi connectivity index (χ0n) is 20.9. The summed E-state index contributed by atoms with van der Waals surface area (Å²) in [5.41, 5.74) is 0. The molecule has 0 radical (unpaired) electrons. The molecule has 3 N–H and O–H groups in total. The molecule has 206 valence electrons. The van der Waals surface area contributed by atoms with Crippen LogP contribution in [0.2, 0.25) is 0 Å².